The van der Waals surface area contributed by atoms with Gasteiger partial charge in [0.25, 0.3) is 0 Å². The van der Waals surface area contributed by atoms with Crippen LogP contribution in [0.3, 0.4) is 0 Å². The van der Waals surface area contributed by atoms with E-state index in [1.54, 1.807) is 0 Å². The van der Waals surface area contributed by atoms with E-state index >= 15 is 0 Å². The summed E-state index contributed by atoms with van der Waals surface area (Å²) in [4.78, 5) is 22.5. The van der Waals surface area contributed by atoms with E-state index in [0.717, 1.165) is 31.6 Å². The minimum atomic E-state index is -0.0892. The van der Waals surface area contributed by atoms with Crippen molar-refractivity contribution in [1.29, 1.82) is 0 Å². The summed E-state index contributed by atoms with van der Waals surface area (Å²) in [5.41, 5.74) is 0. The van der Waals surface area contributed by atoms with Crippen molar-refractivity contribution < 1.29 is 19.1 Å². The van der Waals surface area contributed by atoms with Crippen LogP contribution in [0.2, 0.25) is 0 Å². The molecule has 4 heteroatoms. The first-order valence-corrected chi connectivity index (χ1v) is 14.3. The van der Waals surface area contributed by atoms with Crippen molar-refractivity contribution in [3.05, 3.63) is 0 Å². The minimum Gasteiger partial charge on any atom is -0.469 e. The van der Waals surface area contributed by atoms with Crippen molar-refractivity contribution in [3.8, 4) is 0 Å². The number of hydrogen-bond donors (Lipinski definition) is 0. The number of methoxy groups -OCH3 is 2. The van der Waals surface area contributed by atoms with E-state index in [0.29, 0.717) is 12.8 Å². The van der Waals surface area contributed by atoms with Crippen LogP contribution in [-0.4, -0.2) is 26.2 Å². The topological polar surface area (TPSA) is 52.6 Å². The van der Waals surface area contributed by atoms with Crippen molar-refractivity contribution in [2.45, 2.75) is 155 Å². The molecule has 0 aliphatic carbocycles. The summed E-state index contributed by atoms with van der Waals surface area (Å²) in [6, 6.07) is 0. The molecule has 0 aliphatic rings. The molecule has 0 fully saturated rings. The van der Waals surface area contributed by atoms with Crippen LogP contribution in [0.4, 0.5) is 0 Å². The van der Waals surface area contributed by atoms with Gasteiger partial charge in [-0.15, -0.1) is 0 Å². The Morgan fingerprint density at radius 3 is 1.12 bits per heavy atom. The number of carbonyl (C=O) groups excluding carboxylic acids is 2. The maximum Gasteiger partial charge on any atom is 0.305 e. The zero-order valence-corrected chi connectivity index (χ0v) is 22.5. The SMILES string of the molecule is CCCCCCCCCCCCCCC(CCCCCC(=O)OC)CCCCCC(=O)OC. The van der Waals surface area contributed by atoms with Crippen molar-refractivity contribution in [1.82, 2.24) is 0 Å². The molecule has 0 heterocycles. The molecule has 0 atom stereocenters. The van der Waals surface area contributed by atoms with Gasteiger partial charge in [-0.2, -0.15) is 0 Å². The number of carbonyl (C=O) groups is 2. The Hall–Kier alpha value is -1.06. The molecule has 0 N–H and O–H groups in total. The zero-order valence-electron chi connectivity index (χ0n) is 22.5. The highest BCUT2D eigenvalue weighted by molar-refractivity contribution is 5.69. The van der Waals surface area contributed by atoms with Gasteiger partial charge >= 0.3 is 11.9 Å². The van der Waals surface area contributed by atoms with E-state index in [4.69, 9.17) is 9.47 Å². The monoisotopic (exact) mass is 468 g/mol. The molecule has 0 bridgehead atoms. The third-order valence-electron chi connectivity index (χ3n) is 6.91. The predicted octanol–water partition coefficient (Wildman–Crippen LogP) is 8.94. The molecule has 0 saturated carbocycles. The summed E-state index contributed by atoms with van der Waals surface area (Å²) in [5, 5.41) is 0. The Kier molecular flexibility index (Phi) is 24.7. The Bertz CT molecular complexity index is 409. The maximum atomic E-state index is 11.3. The molecule has 0 aromatic carbocycles. The lowest BCUT2D eigenvalue weighted by atomic mass is 9.89. The van der Waals surface area contributed by atoms with Gasteiger partial charge in [0.1, 0.15) is 0 Å². The van der Waals surface area contributed by atoms with Gasteiger partial charge in [0.15, 0.2) is 0 Å². The Balaban J connectivity index is 3.87. The molecule has 0 spiro atoms. The van der Waals surface area contributed by atoms with Gasteiger partial charge in [0.05, 0.1) is 14.2 Å². The highest BCUT2D eigenvalue weighted by Gasteiger charge is 2.10. The number of hydrogen-bond acceptors (Lipinski definition) is 4. The highest BCUT2D eigenvalue weighted by atomic mass is 16.5. The molecule has 196 valence electrons. The van der Waals surface area contributed by atoms with E-state index < -0.39 is 0 Å². The zero-order chi connectivity index (χ0) is 24.4. The Morgan fingerprint density at radius 2 is 0.788 bits per heavy atom. The fourth-order valence-electron chi connectivity index (χ4n) is 4.67. The lowest BCUT2D eigenvalue weighted by Crippen LogP contribution is -2.03. The van der Waals surface area contributed by atoms with Crippen LogP contribution in [0.1, 0.15) is 155 Å². The van der Waals surface area contributed by atoms with Gasteiger partial charge in [-0.3, -0.25) is 9.59 Å². The van der Waals surface area contributed by atoms with Crippen LogP contribution in [0, 0.1) is 5.92 Å². The summed E-state index contributed by atoms with van der Waals surface area (Å²) in [7, 11) is 2.93. The van der Waals surface area contributed by atoms with Crippen LogP contribution in [0.15, 0.2) is 0 Å². The average Bonchev–Trinajstić information content (AvgIpc) is 2.83. The largest absolute Gasteiger partial charge is 0.469 e. The standard InChI is InChI=1S/C29H56O4/c1-4-5-6-7-8-9-10-11-12-13-14-17-22-27(23-18-15-20-25-28(30)32-2)24-19-16-21-26-29(31)33-3/h27H,4-26H2,1-3H3. The number of unbranched alkanes of at least 4 members (excludes halogenated alkanes) is 15. The van der Waals surface area contributed by atoms with Crippen molar-refractivity contribution in [2.24, 2.45) is 5.92 Å². The first-order valence-electron chi connectivity index (χ1n) is 14.3. The third-order valence-corrected chi connectivity index (χ3v) is 6.91. The van der Waals surface area contributed by atoms with Crippen molar-refractivity contribution in [2.75, 3.05) is 14.2 Å². The van der Waals surface area contributed by atoms with Gasteiger partial charge in [0.2, 0.25) is 0 Å². The molecule has 0 amide bonds. The number of ether oxygens (including phenoxy) is 2. The second-order valence-electron chi connectivity index (χ2n) is 9.89. The Labute approximate surface area is 206 Å². The summed E-state index contributed by atoms with van der Waals surface area (Å²) in [6.45, 7) is 2.28. The van der Waals surface area contributed by atoms with Crippen LogP contribution < -0.4 is 0 Å². The number of esters is 2. The first kappa shape index (κ1) is 31.9. The fourth-order valence-corrected chi connectivity index (χ4v) is 4.67. The van der Waals surface area contributed by atoms with Gasteiger partial charge in [0, 0.05) is 12.8 Å². The quantitative estimate of drug-likeness (QED) is 0.0991. The average molecular weight is 469 g/mol. The van der Waals surface area contributed by atoms with Gasteiger partial charge < -0.3 is 9.47 Å². The lowest BCUT2D eigenvalue weighted by molar-refractivity contribution is -0.141. The van der Waals surface area contributed by atoms with E-state index in [-0.39, 0.29) is 11.9 Å². The maximum absolute atomic E-state index is 11.3. The van der Waals surface area contributed by atoms with E-state index in [1.165, 1.54) is 123 Å². The van der Waals surface area contributed by atoms with Crippen molar-refractivity contribution >= 4 is 11.9 Å². The molecule has 33 heavy (non-hydrogen) atoms. The van der Waals surface area contributed by atoms with Gasteiger partial charge in [-0.05, 0) is 18.8 Å². The summed E-state index contributed by atoms with van der Waals surface area (Å²) < 4.78 is 9.47. The summed E-state index contributed by atoms with van der Waals surface area (Å²) in [5.74, 6) is 0.617. The molecule has 4 nitrogen and oxygen atoms in total. The molecular weight excluding hydrogens is 412 g/mol. The molecule has 0 rings (SSSR count). The van der Waals surface area contributed by atoms with E-state index in [9.17, 15) is 9.59 Å². The molecule has 0 saturated heterocycles. The first-order chi connectivity index (χ1) is 16.1. The molecular formula is C29H56O4. The van der Waals surface area contributed by atoms with E-state index in [2.05, 4.69) is 6.92 Å². The predicted molar refractivity (Wildman–Crippen MR) is 139 cm³/mol. The van der Waals surface area contributed by atoms with Crippen LogP contribution in [-0.2, 0) is 19.1 Å². The van der Waals surface area contributed by atoms with Gasteiger partial charge in [-0.25, -0.2) is 0 Å². The van der Waals surface area contributed by atoms with Crippen LogP contribution >= 0.6 is 0 Å². The second-order valence-corrected chi connectivity index (χ2v) is 9.89. The molecule has 0 unspecified atom stereocenters. The highest BCUT2D eigenvalue weighted by Crippen LogP contribution is 2.24. The molecule has 0 aromatic heterocycles. The van der Waals surface area contributed by atoms with Crippen LogP contribution in [0.5, 0.6) is 0 Å². The minimum absolute atomic E-state index is 0.0892. The summed E-state index contributed by atoms with van der Waals surface area (Å²) >= 11 is 0. The summed E-state index contributed by atoms with van der Waals surface area (Å²) in [6.07, 6.45) is 28.3. The van der Waals surface area contributed by atoms with Crippen molar-refractivity contribution in [3.63, 3.8) is 0 Å². The normalized spacial score (nSPS) is 11.2. The molecule has 0 aromatic rings. The Morgan fingerprint density at radius 1 is 0.485 bits per heavy atom. The molecule has 0 aliphatic heterocycles. The fraction of sp³-hybridized carbons (Fsp3) is 0.931. The van der Waals surface area contributed by atoms with Gasteiger partial charge in [-0.1, -0.05) is 129 Å². The molecule has 0 radical (unpaired) electrons. The van der Waals surface area contributed by atoms with Crippen LogP contribution in [0.25, 0.3) is 0 Å². The lowest BCUT2D eigenvalue weighted by Gasteiger charge is -2.17. The second kappa shape index (κ2) is 25.6. The third kappa shape index (κ3) is 23.9. The van der Waals surface area contributed by atoms with E-state index in [1.807, 2.05) is 0 Å². The smallest absolute Gasteiger partial charge is 0.305 e. The number of rotatable bonds is 25.